The van der Waals surface area contributed by atoms with Gasteiger partial charge in [-0.2, -0.15) is 5.26 Å². The molecule has 4 aromatic rings. The SMILES string of the molecule is CC1=C(C(=O)Nc2ccccc2)C(c2cccs2)C(C#N)=C(SCC(=O)Nc2ccc3ccccc3c2)N1. The van der Waals surface area contributed by atoms with Crippen molar-refractivity contribution in [3.05, 3.63) is 117 Å². The molecule has 1 unspecified atom stereocenters. The van der Waals surface area contributed by atoms with Gasteiger partial charge in [0.25, 0.3) is 5.91 Å². The fraction of sp³-hybridized carbons (Fsp3) is 0.100. The van der Waals surface area contributed by atoms with E-state index in [2.05, 4.69) is 22.0 Å². The Hall–Kier alpha value is -4.32. The van der Waals surface area contributed by atoms with Crippen molar-refractivity contribution < 1.29 is 9.59 Å². The van der Waals surface area contributed by atoms with Crippen molar-refractivity contribution in [3.63, 3.8) is 0 Å². The predicted octanol–water partition coefficient (Wildman–Crippen LogP) is 6.61. The number of para-hydroxylation sites is 1. The highest BCUT2D eigenvalue weighted by molar-refractivity contribution is 8.03. The molecule has 8 heteroatoms. The van der Waals surface area contributed by atoms with Crippen LogP contribution in [-0.4, -0.2) is 17.6 Å². The molecule has 2 heterocycles. The van der Waals surface area contributed by atoms with E-state index < -0.39 is 5.92 Å². The smallest absolute Gasteiger partial charge is 0.254 e. The van der Waals surface area contributed by atoms with E-state index in [1.54, 1.807) is 0 Å². The van der Waals surface area contributed by atoms with E-state index in [0.717, 1.165) is 15.6 Å². The topological polar surface area (TPSA) is 94.0 Å². The lowest BCUT2D eigenvalue weighted by Crippen LogP contribution is -2.30. The van der Waals surface area contributed by atoms with Crippen LogP contribution < -0.4 is 16.0 Å². The average Bonchev–Trinajstić information content (AvgIpc) is 3.46. The average molecular weight is 537 g/mol. The van der Waals surface area contributed by atoms with Crippen LogP contribution in [0.5, 0.6) is 0 Å². The summed E-state index contributed by atoms with van der Waals surface area (Å²) in [5.41, 5.74) is 2.94. The van der Waals surface area contributed by atoms with Crippen molar-refractivity contribution in [1.29, 1.82) is 5.26 Å². The summed E-state index contributed by atoms with van der Waals surface area (Å²) in [4.78, 5) is 27.1. The number of nitriles is 1. The number of anilines is 2. The van der Waals surface area contributed by atoms with Crippen molar-refractivity contribution in [2.45, 2.75) is 12.8 Å². The van der Waals surface area contributed by atoms with E-state index in [1.807, 2.05) is 97.2 Å². The Labute approximate surface area is 229 Å². The van der Waals surface area contributed by atoms with Gasteiger partial charge >= 0.3 is 0 Å². The second kappa shape index (κ2) is 11.4. The van der Waals surface area contributed by atoms with Crippen LogP contribution in [-0.2, 0) is 9.59 Å². The Kier molecular flexibility index (Phi) is 7.59. The number of carbonyl (C=O) groups excluding carboxylic acids is 2. The normalized spacial score (nSPS) is 15.1. The largest absolute Gasteiger partial charge is 0.353 e. The van der Waals surface area contributed by atoms with Gasteiger partial charge in [-0.3, -0.25) is 9.59 Å². The predicted molar refractivity (Wildman–Crippen MR) is 156 cm³/mol. The van der Waals surface area contributed by atoms with Crippen molar-refractivity contribution in [2.24, 2.45) is 0 Å². The molecule has 0 fully saturated rings. The highest BCUT2D eigenvalue weighted by Crippen LogP contribution is 2.42. The third-order valence-corrected chi connectivity index (χ3v) is 8.09. The van der Waals surface area contributed by atoms with Crippen LogP contribution in [0.25, 0.3) is 10.8 Å². The molecule has 188 valence electrons. The van der Waals surface area contributed by atoms with Gasteiger partial charge in [0.05, 0.1) is 28.3 Å². The molecular formula is C30H24N4O2S2. The minimum absolute atomic E-state index is 0.107. The Morgan fingerprint density at radius 3 is 2.45 bits per heavy atom. The van der Waals surface area contributed by atoms with Crippen LogP contribution >= 0.6 is 23.1 Å². The lowest BCUT2D eigenvalue weighted by molar-refractivity contribution is -0.114. The molecule has 6 nitrogen and oxygen atoms in total. The zero-order chi connectivity index (χ0) is 26.5. The number of rotatable bonds is 7. The van der Waals surface area contributed by atoms with E-state index >= 15 is 0 Å². The maximum Gasteiger partial charge on any atom is 0.254 e. The molecule has 0 bridgehead atoms. The summed E-state index contributed by atoms with van der Waals surface area (Å²) in [5.74, 6) is -0.878. The Bertz CT molecular complexity index is 1600. The molecular weight excluding hydrogens is 512 g/mol. The monoisotopic (exact) mass is 536 g/mol. The van der Waals surface area contributed by atoms with Gasteiger partial charge in [-0.05, 0) is 53.4 Å². The molecule has 3 N–H and O–H groups in total. The first-order valence-electron chi connectivity index (χ1n) is 12.0. The number of nitrogens with zero attached hydrogens (tertiary/aromatic N) is 1. The van der Waals surface area contributed by atoms with Crippen LogP contribution in [0.1, 0.15) is 17.7 Å². The summed E-state index contributed by atoms with van der Waals surface area (Å²) in [6, 6.07) is 29.1. The fourth-order valence-electron chi connectivity index (χ4n) is 4.39. The number of dihydropyridines is 1. The first-order chi connectivity index (χ1) is 18.5. The maximum atomic E-state index is 13.4. The molecule has 38 heavy (non-hydrogen) atoms. The third kappa shape index (κ3) is 5.49. The van der Waals surface area contributed by atoms with E-state index in [-0.39, 0.29) is 17.6 Å². The van der Waals surface area contributed by atoms with Crippen LogP contribution in [0.15, 0.2) is 112 Å². The van der Waals surface area contributed by atoms with E-state index in [0.29, 0.717) is 33.2 Å². The molecule has 1 aromatic heterocycles. The fourth-order valence-corrected chi connectivity index (χ4v) is 6.12. The quantitative estimate of drug-likeness (QED) is 0.247. The van der Waals surface area contributed by atoms with Crippen molar-refractivity contribution in [3.8, 4) is 6.07 Å². The number of thioether (sulfide) groups is 1. The molecule has 5 rings (SSSR count). The summed E-state index contributed by atoms with van der Waals surface area (Å²) in [5, 5.41) is 24.0. The van der Waals surface area contributed by atoms with Crippen molar-refractivity contribution in [2.75, 3.05) is 16.4 Å². The number of nitrogens with one attached hydrogen (secondary N) is 3. The van der Waals surface area contributed by atoms with E-state index in [4.69, 9.17) is 0 Å². The molecule has 1 aliphatic rings. The third-order valence-electron chi connectivity index (χ3n) is 6.13. The van der Waals surface area contributed by atoms with Crippen LogP contribution in [0.4, 0.5) is 11.4 Å². The summed E-state index contributed by atoms with van der Waals surface area (Å²) in [6.07, 6.45) is 0. The van der Waals surface area contributed by atoms with Crippen molar-refractivity contribution >= 4 is 57.1 Å². The number of thiophene rings is 1. The summed E-state index contributed by atoms with van der Waals surface area (Å²) < 4.78 is 0. The molecule has 0 radical (unpaired) electrons. The number of hydrogen-bond donors (Lipinski definition) is 3. The van der Waals surface area contributed by atoms with Crippen LogP contribution in [0.2, 0.25) is 0 Å². The number of allylic oxidation sites excluding steroid dienone is 2. The maximum absolute atomic E-state index is 13.4. The highest BCUT2D eigenvalue weighted by Gasteiger charge is 2.35. The molecule has 0 saturated carbocycles. The number of benzene rings is 3. The molecule has 1 atom stereocenters. The number of carbonyl (C=O) groups is 2. The van der Waals surface area contributed by atoms with Crippen molar-refractivity contribution in [1.82, 2.24) is 5.32 Å². The van der Waals surface area contributed by atoms with Crippen LogP contribution in [0, 0.1) is 11.3 Å². The number of amides is 2. The number of hydrogen-bond acceptors (Lipinski definition) is 6. The zero-order valence-corrected chi connectivity index (χ0v) is 22.2. The summed E-state index contributed by atoms with van der Waals surface area (Å²) in [6.45, 7) is 1.82. The minimum Gasteiger partial charge on any atom is -0.353 e. The van der Waals surface area contributed by atoms with Gasteiger partial charge < -0.3 is 16.0 Å². The van der Waals surface area contributed by atoms with Gasteiger partial charge in [-0.15, -0.1) is 11.3 Å². The van der Waals surface area contributed by atoms with Gasteiger partial charge in [-0.25, -0.2) is 0 Å². The molecule has 2 amide bonds. The first kappa shape index (κ1) is 25.3. The number of fused-ring (bicyclic) bond motifs is 1. The minimum atomic E-state index is -0.531. The lowest BCUT2D eigenvalue weighted by Gasteiger charge is -2.29. The summed E-state index contributed by atoms with van der Waals surface area (Å²) >= 11 is 2.75. The molecule has 0 saturated heterocycles. The second-order valence-corrected chi connectivity index (χ2v) is 10.7. The summed E-state index contributed by atoms with van der Waals surface area (Å²) in [7, 11) is 0. The Morgan fingerprint density at radius 2 is 1.71 bits per heavy atom. The van der Waals surface area contributed by atoms with E-state index in [1.165, 1.54) is 23.1 Å². The lowest BCUT2D eigenvalue weighted by atomic mass is 9.86. The first-order valence-corrected chi connectivity index (χ1v) is 13.8. The van der Waals surface area contributed by atoms with Gasteiger partial charge in [-0.1, -0.05) is 66.4 Å². The van der Waals surface area contributed by atoms with Gasteiger partial charge in [0.1, 0.15) is 0 Å². The zero-order valence-electron chi connectivity index (χ0n) is 20.5. The highest BCUT2D eigenvalue weighted by atomic mass is 32.2. The van der Waals surface area contributed by atoms with Gasteiger partial charge in [0.15, 0.2) is 0 Å². The molecule has 1 aliphatic heterocycles. The second-order valence-electron chi connectivity index (χ2n) is 8.69. The molecule has 0 aliphatic carbocycles. The van der Waals surface area contributed by atoms with E-state index in [9.17, 15) is 14.9 Å². The van der Waals surface area contributed by atoms with Crippen LogP contribution in [0.3, 0.4) is 0 Å². The molecule has 0 spiro atoms. The van der Waals surface area contributed by atoms with Gasteiger partial charge in [0.2, 0.25) is 5.91 Å². The van der Waals surface area contributed by atoms with Gasteiger partial charge in [0, 0.05) is 27.5 Å². The standard InChI is InChI=1S/C30H24N4O2S2/c1-19-27(29(36)34-22-10-3-2-4-11-22)28(25-12-7-15-37-25)24(17-31)30(32-19)38-18-26(35)33-23-14-13-20-8-5-6-9-21(20)16-23/h2-16,28,32H,18H2,1H3,(H,33,35)(H,34,36). The Morgan fingerprint density at radius 1 is 0.947 bits per heavy atom. The Balaban J connectivity index is 1.36. The molecule has 3 aromatic carbocycles.